The van der Waals surface area contributed by atoms with Gasteiger partial charge in [-0.2, -0.15) is 13.2 Å². The van der Waals surface area contributed by atoms with Gasteiger partial charge in [-0.1, -0.05) is 0 Å². The van der Waals surface area contributed by atoms with Crippen molar-refractivity contribution in [1.29, 1.82) is 0 Å². The first-order chi connectivity index (χ1) is 9.38. The lowest BCUT2D eigenvalue weighted by atomic mass is 10.1. The molecule has 0 aliphatic heterocycles. The lowest BCUT2D eigenvalue weighted by Crippen LogP contribution is -2.12. The Morgan fingerprint density at radius 1 is 1.30 bits per heavy atom. The van der Waals surface area contributed by atoms with Crippen LogP contribution in [0.5, 0.6) is 0 Å². The van der Waals surface area contributed by atoms with E-state index in [1.54, 1.807) is 0 Å². The van der Waals surface area contributed by atoms with Crippen molar-refractivity contribution in [3.8, 4) is 5.69 Å². The van der Waals surface area contributed by atoms with Crippen LogP contribution in [-0.4, -0.2) is 26.4 Å². The normalized spacial score (nSPS) is 22.0. The van der Waals surface area contributed by atoms with Crippen LogP contribution < -0.4 is 5.73 Å². The largest absolute Gasteiger partial charge is 0.396 e. The second-order valence-corrected chi connectivity index (χ2v) is 4.68. The lowest BCUT2D eigenvalue weighted by molar-refractivity contribution is -0.148. The molecule has 3 rings (SSSR count). The SMILES string of the molecule is Nc1cc(-n2cnnn2)c([C@H]2C[C@@H]2C(F)(F)F)cc1F. The van der Waals surface area contributed by atoms with Gasteiger partial charge in [-0.15, -0.1) is 5.10 Å². The predicted molar refractivity (Wildman–Crippen MR) is 60.4 cm³/mol. The van der Waals surface area contributed by atoms with Crippen molar-refractivity contribution in [1.82, 2.24) is 20.2 Å². The number of nitrogen functional groups attached to an aromatic ring is 1. The number of tetrazole rings is 1. The lowest BCUT2D eigenvalue weighted by Gasteiger charge is -2.11. The first-order valence-corrected chi connectivity index (χ1v) is 5.77. The number of nitrogens with two attached hydrogens (primary N) is 1. The molecular weight excluding hydrogens is 278 g/mol. The zero-order valence-electron chi connectivity index (χ0n) is 9.97. The van der Waals surface area contributed by atoms with Crippen molar-refractivity contribution < 1.29 is 17.6 Å². The van der Waals surface area contributed by atoms with Crippen LogP contribution >= 0.6 is 0 Å². The summed E-state index contributed by atoms with van der Waals surface area (Å²) in [5.74, 6) is -2.99. The summed E-state index contributed by atoms with van der Waals surface area (Å²) in [5.41, 5.74) is 5.78. The molecule has 0 spiro atoms. The summed E-state index contributed by atoms with van der Waals surface area (Å²) in [6.07, 6.45) is -3.14. The highest BCUT2D eigenvalue weighted by molar-refractivity contribution is 5.55. The molecule has 1 aliphatic rings. The van der Waals surface area contributed by atoms with E-state index in [1.165, 1.54) is 17.1 Å². The molecule has 0 unspecified atom stereocenters. The van der Waals surface area contributed by atoms with Crippen molar-refractivity contribution >= 4 is 5.69 Å². The van der Waals surface area contributed by atoms with E-state index in [1.807, 2.05) is 0 Å². The standard InChI is InChI=1S/C11H9F4N5/c12-8-2-6(5-1-7(5)11(13,14)15)10(3-9(8)16)20-4-17-18-19-20/h2-5,7H,1,16H2/t5-,7+/m1/s1. The molecule has 1 heterocycles. The number of rotatable bonds is 2. The van der Waals surface area contributed by atoms with E-state index in [0.717, 1.165) is 6.07 Å². The van der Waals surface area contributed by atoms with Gasteiger partial charge in [0.2, 0.25) is 0 Å². The minimum atomic E-state index is -4.29. The smallest absolute Gasteiger partial charge is 0.392 e. The highest BCUT2D eigenvalue weighted by Crippen LogP contribution is 2.57. The molecule has 0 amide bonds. The van der Waals surface area contributed by atoms with Crippen molar-refractivity contribution in [3.05, 3.63) is 29.8 Å². The molecule has 1 aliphatic carbocycles. The summed E-state index contributed by atoms with van der Waals surface area (Å²) in [4.78, 5) is 0. The van der Waals surface area contributed by atoms with Crippen molar-refractivity contribution in [3.63, 3.8) is 0 Å². The average molecular weight is 287 g/mol. The number of aromatic nitrogens is 4. The zero-order chi connectivity index (χ0) is 14.5. The summed E-state index contributed by atoms with van der Waals surface area (Å²) >= 11 is 0. The van der Waals surface area contributed by atoms with Crippen LogP contribution in [-0.2, 0) is 0 Å². The monoisotopic (exact) mass is 287 g/mol. The van der Waals surface area contributed by atoms with Crippen molar-refractivity contribution in [2.45, 2.75) is 18.5 Å². The zero-order valence-corrected chi connectivity index (χ0v) is 9.97. The Kier molecular flexibility index (Phi) is 2.66. The van der Waals surface area contributed by atoms with Crippen molar-refractivity contribution in [2.75, 3.05) is 5.73 Å². The Labute approximate surface area is 110 Å². The van der Waals surface area contributed by atoms with Crippen LogP contribution in [0.15, 0.2) is 18.5 Å². The molecule has 5 nitrogen and oxygen atoms in total. The number of anilines is 1. The molecule has 0 radical (unpaired) electrons. The fraction of sp³-hybridized carbons (Fsp3) is 0.364. The Hall–Kier alpha value is -2.19. The van der Waals surface area contributed by atoms with E-state index in [-0.39, 0.29) is 23.4 Å². The Bertz CT molecular complexity index is 637. The average Bonchev–Trinajstić information content (AvgIpc) is 3.00. The summed E-state index contributed by atoms with van der Waals surface area (Å²) in [6, 6.07) is 2.27. The van der Waals surface area contributed by atoms with Crippen LogP contribution in [0.2, 0.25) is 0 Å². The van der Waals surface area contributed by atoms with E-state index in [9.17, 15) is 17.6 Å². The third kappa shape index (κ3) is 2.08. The molecule has 1 fully saturated rings. The first kappa shape index (κ1) is 12.8. The molecule has 1 aromatic carbocycles. The van der Waals surface area contributed by atoms with Crippen LogP contribution in [0.3, 0.4) is 0 Å². The first-order valence-electron chi connectivity index (χ1n) is 5.77. The molecule has 0 bridgehead atoms. The molecular formula is C11H9F4N5. The van der Waals surface area contributed by atoms with Gasteiger partial charge in [-0.25, -0.2) is 9.07 Å². The Morgan fingerprint density at radius 3 is 2.60 bits per heavy atom. The second kappa shape index (κ2) is 4.15. The van der Waals surface area contributed by atoms with Gasteiger partial charge in [0.25, 0.3) is 0 Å². The maximum absolute atomic E-state index is 13.5. The van der Waals surface area contributed by atoms with E-state index in [0.29, 0.717) is 0 Å². The quantitative estimate of drug-likeness (QED) is 0.678. The topological polar surface area (TPSA) is 69.6 Å². The van der Waals surface area contributed by atoms with Gasteiger partial charge in [-0.05, 0) is 40.5 Å². The van der Waals surface area contributed by atoms with Gasteiger partial charge < -0.3 is 5.73 Å². The number of hydrogen-bond acceptors (Lipinski definition) is 4. The number of nitrogens with zero attached hydrogens (tertiary/aromatic N) is 4. The molecule has 2 atom stereocenters. The predicted octanol–water partition coefficient (Wildman–Crippen LogP) is 2.05. The molecule has 0 saturated heterocycles. The Morgan fingerprint density at radius 2 is 2.05 bits per heavy atom. The molecule has 1 saturated carbocycles. The third-order valence-corrected chi connectivity index (χ3v) is 3.35. The highest BCUT2D eigenvalue weighted by Gasteiger charge is 2.56. The summed E-state index contributed by atoms with van der Waals surface area (Å²) in [6.45, 7) is 0. The van der Waals surface area contributed by atoms with Crippen LogP contribution in [0, 0.1) is 11.7 Å². The van der Waals surface area contributed by atoms with Gasteiger partial charge in [0.15, 0.2) is 0 Å². The fourth-order valence-electron chi connectivity index (χ4n) is 2.26. The molecule has 2 aromatic rings. The van der Waals surface area contributed by atoms with E-state index in [2.05, 4.69) is 15.5 Å². The number of hydrogen-bond donors (Lipinski definition) is 1. The van der Waals surface area contributed by atoms with Gasteiger partial charge in [0.05, 0.1) is 17.3 Å². The molecule has 9 heteroatoms. The third-order valence-electron chi connectivity index (χ3n) is 3.35. The minimum Gasteiger partial charge on any atom is -0.396 e. The summed E-state index contributed by atoms with van der Waals surface area (Å²) in [5, 5.41) is 10.4. The molecule has 20 heavy (non-hydrogen) atoms. The van der Waals surface area contributed by atoms with E-state index >= 15 is 0 Å². The minimum absolute atomic E-state index is 0.0675. The van der Waals surface area contributed by atoms with Gasteiger partial charge >= 0.3 is 6.18 Å². The van der Waals surface area contributed by atoms with E-state index in [4.69, 9.17) is 5.73 Å². The van der Waals surface area contributed by atoms with Crippen molar-refractivity contribution in [2.24, 2.45) is 5.92 Å². The number of halogens is 4. The van der Waals surface area contributed by atoms with Gasteiger partial charge in [0, 0.05) is 0 Å². The van der Waals surface area contributed by atoms with Crippen LogP contribution in [0.4, 0.5) is 23.2 Å². The number of benzene rings is 1. The molecule has 2 N–H and O–H groups in total. The van der Waals surface area contributed by atoms with E-state index < -0.39 is 23.8 Å². The van der Waals surface area contributed by atoms with Crippen LogP contribution in [0.1, 0.15) is 17.9 Å². The van der Waals surface area contributed by atoms with Gasteiger partial charge in [-0.3, -0.25) is 0 Å². The molecule has 106 valence electrons. The fourth-order valence-corrected chi connectivity index (χ4v) is 2.26. The maximum Gasteiger partial charge on any atom is 0.392 e. The van der Waals surface area contributed by atoms with Crippen LogP contribution in [0.25, 0.3) is 5.69 Å². The van der Waals surface area contributed by atoms with Gasteiger partial charge in [0.1, 0.15) is 12.1 Å². The summed E-state index contributed by atoms with van der Waals surface area (Å²) in [7, 11) is 0. The second-order valence-electron chi connectivity index (χ2n) is 4.68. The highest BCUT2D eigenvalue weighted by atomic mass is 19.4. The Balaban J connectivity index is 2.05. The maximum atomic E-state index is 13.5. The molecule has 1 aromatic heterocycles. The number of alkyl halides is 3. The summed E-state index contributed by atoms with van der Waals surface area (Å²) < 4.78 is 52.7.